The largest absolute Gasteiger partial charge is 0.496 e. The molecule has 0 atom stereocenters. The molecule has 2 aromatic carbocycles. The van der Waals surface area contributed by atoms with Crippen molar-refractivity contribution in [2.45, 2.75) is 6.92 Å². The van der Waals surface area contributed by atoms with Crippen LogP contribution in [0.15, 0.2) is 35.4 Å². The number of hydrogen-bond donors (Lipinski definition) is 1. The molecule has 2 aromatic rings. The van der Waals surface area contributed by atoms with Crippen LogP contribution in [0.3, 0.4) is 0 Å². The zero-order chi connectivity index (χ0) is 18.4. The van der Waals surface area contributed by atoms with Gasteiger partial charge in [-0.25, -0.2) is 9.82 Å². The van der Waals surface area contributed by atoms with Crippen LogP contribution in [0.2, 0.25) is 0 Å². The molecular formula is C18H16FN3O3. The van der Waals surface area contributed by atoms with Crippen LogP contribution in [-0.2, 0) is 0 Å². The zero-order valence-electron chi connectivity index (χ0n) is 14.0. The number of nitrogens with zero attached hydrogens (tertiary/aromatic N) is 2. The topological polar surface area (TPSA) is 83.7 Å². The van der Waals surface area contributed by atoms with Gasteiger partial charge in [-0.15, -0.1) is 0 Å². The minimum absolute atomic E-state index is 0.135. The summed E-state index contributed by atoms with van der Waals surface area (Å²) in [5.74, 6) is -0.286. The maximum atomic E-state index is 13.8. The molecule has 0 radical (unpaired) electrons. The lowest BCUT2D eigenvalue weighted by Crippen LogP contribution is -2.19. The maximum Gasteiger partial charge on any atom is 0.274 e. The van der Waals surface area contributed by atoms with E-state index < -0.39 is 11.7 Å². The van der Waals surface area contributed by atoms with Crippen molar-refractivity contribution in [3.63, 3.8) is 0 Å². The molecule has 0 aliphatic carbocycles. The number of halogens is 1. The van der Waals surface area contributed by atoms with Crippen molar-refractivity contribution in [1.82, 2.24) is 5.43 Å². The van der Waals surface area contributed by atoms with E-state index in [9.17, 15) is 9.18 Å². The number of nitrogens with one attached hydrogen (secondary N) is 1. The van der Waals surface area contributed by atoms with Crippen molar-refractivity contribution in [2.75, 3.05) is 14.2 Å². The van der Waals surface area contributed by atoms with Crippen LogP contribution in [0, 0.1) is 24.1 Å². The molecule has 25 heavy (non-hydrogen) atoms. The molecule has 0 heterocycles. The lowest BCUT2D eigenvalue weighted by Gasteiger charge is -2.11. The number of methoxy groups -OCH3 is 2. The molecule has 128 valence electrons. The van der Waals surface area contributed by atoms with Gasteiger partial charge in [0.1, 0.15) is 17.3 Å². The van der Waals surface area contributed by atoms with Crippen LogP contribution in [0.25, 0.3) is 0 Å². The highest BCUT2D eigenvalue weighted by Gasteiger charge is 2.12. The molecule has 6 nitrogen and oxygen atoms in total. The number of nitriles is 1. The van der Waals surface area contributed by atoms with Gasteiger partial charge in [-0.2, -0.15) is 10.4 Å². The maximum absolute atomic E-state index is 13.8. The summed E-state index contributed by atoms with van der Waals surface area (Å²) >= 11 is 0. The highest BCUT2D eigenvalue weighted by Crippen LogP contribution is 2.30. The average Bonchev–Trinajstić information content (AvgIpc) is 2.61. The number of carbonyl (C=O) groups excluding carboxylic acids is 1. The summed E-state index contributed by atoms with van der Waals surface area (Å²) in [5, 5.41) is 12.5. The molecule has 0 saturated carbocycles. The Morgan fingerprint density at radius 1 is 1.28 bits per heavy atom. The lowest BCUT2D eigenvalue weighted by molar-refractivity contribution is 0.0951. The quantitative estimate of drug-likeness (QED) is 0.669. The summed E-state index contributed by atoms with van der Waals surface area (Å²) in [5.41, 5.74) is 3.60. The zero-order valence-corrected chi connectivity index (χ0v) is 14.0. The smallest absolute Gasteiger partial charge is 0.274 e. The van der Waals surface area contributed by atoms with Crippen molar-refractivity contribution in [3.05, 3.63) is 58.4 Å². The summed E-state index contributed by atoms with van der Waals surface area (Å²) in [6, 6.07) is 8.86. The summed E-state index contributed by atoms with van der Waals surface area (Å²) < 4.78 is 24.3. The highest BCUT2D eigenvalue weighted by molar-refractivity contribution is 5.95. The third-order valence-corrected chi connectivity index (χ3v) is 3.52. The van der Waals surface area contributed by atoms with E-state index >= 15 is 0 Å². The minimum Gasteiger partial charge on any atom is -0.496 e. The summed E-state index contributed by atoms with van der Waals surface area (Å²) in [6.45, 7) is 1.83. The Labute approximate surface area is 144 Å². The lowest BCUT2D eigenvalue weighted by atomic mass is 10.1. The minimum atomic E-state index is -0.787. The summed E-state index contributed by atoms with van der Waals surface area (Å²) in [7, 11) is 3.08. The van der Waals surface area contributed by atoms with Gasteiger partial charge in [0.15, 0.2) is 0 Å². The van der Waals surface area contributed by atoms with Crippen LogP contribution < -0.4 is 14.9 Å². The normalized spacial score (nSPS) is 10.4. The molecule has 7 heteroatoms. The van der Waals surface area contributed by atoms with E-state index in [1.165, 1.54) is 25.5 Å². The Kier molecular flexibility index (Phi) is 5.69. The first-order valence-corrected chi connectivity index (χ1v) is 7.26. The number of hydrogen-bond acceptors (Lipinski definition) is 5. The van der Waals surface area contributed by atoms with Gasteiger partial charge in [-0.05, 0) is 37.3 Å². The van der Waals surface area contributed by atoms with Crippen LogP contribution in [0.4, 0.5) is 4.39 Å². The number of carbonyl (C=O) groups is 1. The van der Waals surface area contributed by atoms with E-state index in [0.29, 0.717) is 17.1 Å². The molecular weight excluding hydrogens is 325 g/mol. The van der Waals surface area contributed by atoms with E-state index in [2.05, 4.69) is 10.5 Å². The predicted molar refractivity (Wildman–Crippen MR) is 90.5 cm³/mol. The number of amides is 1. The first-order valence-electron chi connectivity index (χ1n) is 7.26. The second-order valence-electron chi connectivity index (χ2n) is 5.02. The molecule has 0 aliphatic rings. The Morgan fingerprint density at radius 3 is 2.64 bits per heavy atom. The van der Waals surface area contributed by atoms with Gasteiger partial charge in [-0.1, -0.05) is 0 Å². The SMILES string of the molecule is COc1ccc(/C=N\NC(=O)c2ccc(C#N)cc2F)c(OC)c1C. The highest BCUT2D eigenvalue weighted by atomic mass is 19.1. The van der Waals surface area contributed by atoms with Crippen molar-refractivity contribution in [3.8, 4) is 17.6 Å². The van der Waals surface area contributed by atoms with Crippen molar-refractivity contribution >= 4 is 12.1 Å². The molecule has 2 rings (SSSR count). The van der Waals surface area contributed by atoms with Gasteiger partial charge < -0.3 is 9.47 Å². The van der Waals surface area contributed by atoms with Crippen molar-refractivity contribution < 1.29 is 18.7 Å². The first kappa shape index (κ1) is 17.9. The molecule has 1 N–H and O–H groups in total. The summed E-state index contributed by atoms with van der Waals surface area (Å²) in [4.78, 5) is 12.0. The van der Waals surface area contributed by atoms with Crippen LogP contribution in [0.1, 0.15) is 27.0 Å². The second kappa shape index (κ2) is 7.93. The van der Waals surface area contributed by atoms with E-state index in [4.69, 9.17) is 14.7 Å². The van der Waals surface area contributed by atoms with Crippen LogP contribution in [-0.4, -0.2) is 26.3 Å². The van der Waals surface area contributed by atoms with E-state index in [1.54, 1.807) is 25.3 Å². The second-order valence-corrected chi connectivity index (χ2v) is 5.02. The molecule has 0 fully saturated rings. The van der Waals surface area contributed by atoms with Crippen LogP contribution >= 0.6 is 0 Å². The fourth-order valence-corrected chi connectivity index (χ4v) is 2.28. The standard InChI is InChI=1S/C18H16FN3O3/c1-11-16(24-2)7-5-13(17(11)25-3)10-21-22-18(23)14-6-4-12(9-20)8-15(14)19/h4-8,10H,1-3H3,(H,22,23)/b21-10-. The predicted octanol–water partition coefficient (Wildman–Crippen LogP) is 2.79. The van der Waals surface area contributed by atoms with E-state index in [0.717, 1.165) is 11.6 Å². The van der Waals surface area contributed by atoms with Gasteiger partial charge in [0.25, 0.3) is 5.91 Å². The van der Waals surface area contributed by atoms with Crippen molar-refractivity contribution in [1.29, 1.82) is 5.26 Å². The third-order valence-electron chi connectivity index (χ3n) is 3.52. The van der Waals surface area contributed by atoms with Gasteiger partial charge >= 0.3 is 0 Å². The Hall–Kier alpha value is -3.40. The number of rotatable bonds is 5. The molecule has 0 unspecified atom stereocenters. The van der Waals surface area contributed by atoms with Gasteiger partial charge in [-0.3, -0.25) is 4.79 Å². The van der Waals surface area contributed by atoms with E-state index in [1.807, 2.05) is 6.92 Å². The Morgan fingerprint density at radius 2 is 2.04 bits per heavy atom. The summed E-state index contributed by atoms with van der Waals surface area (Å²) in [6.07, 6.45) is 1.39. The first-order chi connectivity index (χ1) is 12.0. The average molecular weight is 341 g/mol. The Bertz CT molecular complexity index is 873. The molecule has 1 amide bonds. The molecule has 0 bridgehead atoms. The molecule has 0 aliphatic heterocycles. The fraction of sp³-hybridized carbons (Fsp3) is 0.167. The third kappa shape index (κ3) is 3.93. The molecule has 0 aromatic heterocycles. The Balaban J connectivity index is 2.17. The van der Waals surface area contributed by atoms with Crippen molar-refractivity contribution in [2.24, 2.45) is 5.10 Å². The van der Waals surface area contributed by atoms with Gasteiger partial charge in [0.05, 0.1) is 37.6 Å². The number of benzene rings is 2. The van der Waals surface area contributed by atoms with Crippen LogP contribution in [0.5, 0.6) is 11.5 Å². The number of ether oxygens (including phenoxy) is 2. The monoisotopic (exact) mass is 341 g/mol. The van der Waals surface area contributed by atoms with E-state index in [-0.39, 0.29) is 11.1 Å². The molecule has 0 saturated heterocycles. The fourth-order valence-electron chi connectivity index (χ4n) is 2.28. The molecule has 0 spiro atoms. The number of hydrazone groups is 1. The van der Waals surface area contributed by atoms with Gasteiger partial charge in [0, 0.05) is 11.1 Å². The van der Waals surface area contributed by atoms with Gasteiger partial charge in [0.2, 0.25) is 0 Å².